The third-order valence-electron chi connectivity index (χ3n) is 7.44. The van der Waals surface area contributed by atoms with E-state index in [2.05, 4.69) is 6.92 Å². The fourth-order valence-corrected chi connectivity index (χ4v) is 5.74. The van der Waals surface area contributed by atoms with Crippen LogP contribution in [0.4, 0.5) is 4.39 Å². The van der Waals surface area contributed by atoms with Crippen LogP contribution in [0.5, 0.6) is 5.75 Å². The molecule has 0 aromatic heterocycles. The molecule has 0 spiro atoms. The second-order valence-corrected chi connectivity index (χ2v) is 10.1. The topological polar surface area (TPSA) is 9.23 Å². The Morgan fingerprint density at radius 1 is 0.931 bits per heavy atom. The van der Waals surface area contributed by atoms with Crippen molar-refractivity contribution < 1.29 is 9.13 Å². The van der Waals surface area contributed by atoms with Crippen molar-refractivity contribution in [2.24, 2.45) is 17.8 Å². The van der Waals surface area contributed by atoms with Crippen LogP contribution in [0.3, 0.4) is 0 Å². The van der Waals surface area contributed by atoms with Gasteiger partial charge in [0.2, 0.25) is 0 Å². The van der Waals surface area contributed by atoms with Crippen molar-refractivity contribution in [3.8, 4) is 5.75 Å². The summed E-state index contributed by atoms with van der Waals surface area (Å²) in [5, 5.41) is 0.281. The first kappa shape index (κ1) is 22.9. The van der Waals surface area contributed by atoms with Crippen LogP contribution < -0.4 is 4.74 Å². The molecule has 0 bridgehead atoms. The Labute approximate surface area is 182 Å². The maximum Gasteiger partial charge on any atom is 0.183 e. The number of hydrogen-bond acceptors (Lipinski definition) is 1. The van der Waals surface area contributed by atoms with Gasteiger partial charge in [-0.05, 0) is 67.4 Å². The fourth-order valence-electron chi connectivity index (χ4n) is 5.43. The first-order valence-corrected chi connectivity index (χ1v) is 12.6. The van der Waals surface area contributed by atoms with E-state index in [0.29, 0.717) is 18.3 Å². The second kappa shape index (κ2) is 11.6. The highest BCUT2D eigenvalue weighted by Crippen LogP contribution is 2.42. The van der Waals surface area contributed by atoms with Crippen LogP contribution in [-0.4, -0.2) is 6.61 Å². The molecule has 0 radical (unpaired) electrons. The van der Waals surface area contributed by atoms with E-state index in [1.54, 1.807) is 6.07 Å². The van der Waals surface area contributed by atoms with Gasteiger partial charge in [-0.2, -0.15) is 0 Å². The third kappa shape index (κ3) is 6.61. The Bertz CT molecular complexity index is 615. The Balaban J connectivity index is 1.38. The molecule has 2 saturated carbocycles. The van der Waals surface area contributed by atoms with Crippen LogP contribution in [-0.2, 0) is 0 Å². The van der Waals surface area contributed by atoms with E-state index in [0.717, 1.165) is 42.6 Å². The first-order valence-electron chi connectivity index (χ1n) is 12.2. The molecule has 1 aromatic carbocycles. The summed E-state index contributed by atoms with van der Waals surface area (Å²) in [6.07, 6.45) is 17.1. The molecule has 1 nitrogen and oxygen atoms in total. The minimum Gasteiger partial charge on any atom is -0.490 e. The number of halogens is 2. The molecule has 3 rings (SSSR count). The van der Waals surface area contributed by atoms with Crippen molar-refractivity contribution in [1.82, 2.24) is 0 Å². The molecule has 0 aliphatic heterocycles. The molecule has 0 heterocycles. The van der Waals surface area contributed by atoms with Crippen molar-refractivity contribution in [2.75, 3.05) is 6.61 Å². The van der Waals surface area contributed by atoms with Crippen LogP contribution in [0, 0.1) is 23.6 Å². The van der Waals surface area contributed by atoms with E-state index in [9.17, 15) is 4.39 Å². The average Bonchev–Trinajstić information content (AvgIpc) is 2.74. The van der Waals surface area contributed by atoms with Crippen LogP contribution in [0.25, 0.3) is 0 Å². The van der Waals surface area contributed by atoms with Crippen molar-refractivity contribution in [3.05, 3.63) is 28.5 Å². The fraction of sp³-hybridized carbons (Fsp3) is 0.769. The summed E-state index contributed by atoms with van der Waals surface area (Å²) in [5.41, 5.74) is 0.984. The highest BCUT2D eigenvalue weighted by molar-refractivity contribution is 6.31. The van der Waals surface area contributed by atoms with Crippen molar-refractivity contribution >= 4 is 11.6 Å². The number of benzene rings is 1. The molecule has 0 unspecified atom stereocenters. The van der Waals surface area contributed by atoms with Gasteiger partial charge in [-0.15, -0.1) is 0 Å². The summed E-state index contributed by atoms with van der Waals surface area (Å²) in [6, 6.07) is 3.76. The van der Waals surface area contributed by atoms with Crippen molar-refractivity contribution in [1.29, 1.82) is 0 Å². The minimum atomic E-state index is -0.378. The minimum absolute atomic E-state index is 0.281. The van der Waals surface area contributed by atoms with Gasteiger partial charge in [0.15, 0.2) is 11.6 Å². The maximum absolute atomic E-state index is 14.5. The molecule has 2 aliphatic carbocycles. The molecule has 2 fully saturated rings. The summed E-state index contributed by atoms with van der Waals surface area (Å²) < 4.78 is 20.0. The van der Waals surface area contributed by atoms with Gasteiger partial charge in [-0.25, -0.2) is 4.39 Å². The maximum atomic E-state index is 14.5. The number of unbranched alkanes of at least 4 members (excludes halogenated alkanes) is 1. The molecule has 2 aliphatic rings. The Kier molecular flexibility index (Phi) is 9.15. The van der Waals surface area contributed by atoms with Crippen LogP contribution >= 0.6 is 11.6 Å². The molecule has 0 saturated heterocycles. The normalized spacial score (nSPS) is 27.7. The zero-order valence-corrected chi connectivity index (χ0v) is 19.3. The smallest absolute Gasteiger partial charge is 0.183 e. The van der Waals surface area contributed by atoms with E-state index in [1.807, 2.05) is 13.0 Å². The molecule has 0 N–H and O–H groups in total. The monoisotopic (exact) mass is 422 g/mol. The van der Waals surface area contributed by atoms with Gasteiger partial charge in [-0.1, -0.05) is 82.9 Å². The number of rotatable bonds is 9. The predicted octanol–water partition coefficient (Wildman–Crippen LogP) is 8.93. The highest BCUT2D eigenvalue weighted by Gasteiger charge is 2.26. The molecule has 29 heavy (non-hydrogen) atoms. The Morgan fingerprint density at radius 3 is 2.10 bits per heavy atom. The lowest BCUT2D eigenvalue weighted by Crippen LogP contribution is -2.15. The second-order valence-electron chi connectivity index (χ2n) is 9.76. The Hall–Kier alpha value is -0.760. The third-order valence-corrected chi connectivity index (χ3v) is 7.82. The zero-order valence-electron chi connectivity index (χ0n) is 18.5. The summed E-state index contributed by atoms with van der Waals surface area (Å²) in [7, 11) is 0. The van der Waals surface area contributed by atoms with Gasteiger partial charge >= 0.3 is 0 Å². The molecule has 0 amide bonds. The average molecular weight is 423 g/mol. The lowest BCUT2D eigenvalue weighted by molar-refractivity contribution is 0.262. The van der Waals surface area contributed by atoms with E-state index in [1.165, 1.54) is 64.2 Å². The van der Waals surface area contributed by atoms with E-state index < -0.39 is 0 Å². The van der Waals surface area contributed by atoms with Gasteiger partial charge < -0.3 is 4.74 Å². The Morgan fingerprint density at radius 2 is 1.52 bits per heavy atom. The van der Waals surface area contributed by atoms with Crippen LogP contribution in [0.2, 0.25) is 5.02 Å². The van der Waals surface area contributed by atoms with Crippen LogP contribution in [0.15, 0.2) is 12.1 Å². The summed E-state index contributed by atoms with van der Waals surface area (Å²) in [4.78, 5) is 0. The lowest BCUT2D eigenvalue weighted by atomic mass is 9.76. The highest BCUT2D eigenvalue weighted by atomic mass is 35.5. The summed E-state index contributed by atoms with van der Waals surface area (Å²) >= 11 is 6.38. The first-order chi connectivity index (χ1) is 14.1. The van der Waals surface area contributed by atoms with Gasteiger partial charge in [0, 0.05) is 0 Å². The number of ether oxygens (including phenoxy) is 1. The van der Waals surface area contributed by atoms with E-state index >= 15 is 0 Å². The largest absolute Gasteiger partial charge is 0.490 e. The molecule has 1 aromatic rings. The molecule has 3 heteroatoms. The van der Waals surface area contributed by atoms with Gasteiger partial charge in [0.25, 0.3) is 0 Å². The van der Waals surface area contributed by atoms with E-state index in [-0.39, 0.29) is 10.8 Å². The molecule has 164 valence electrons. The number of hydrogen-bond donors (Lipinski definition) is 0. The predicted molar refractivity (Wildman–Crippen MR) is 121 cm³/mol. The van der Waals surface area contributed by atoms with Crippen LogP contribution in [0.1, 0.15) is 109 Å². The standard InChI is InChI=1S/C26H40ClFO/c1-3-18-29-24-17-16-23(25(27)26(24)28)22-14-12-21(13-15-22)7-5-4-6-20-10-8-19(2)9-11-20/h16-17,19-22H,3-15,18H2,1-2H3. The van der Waals surface area contributed by atoms with Gasteiger partial charge in [0.05, 0.1) is 11.6 Å². The summed E-state index contributed by atoms with van der Waals surface area (Å²) in [5.74, 6) is 3.14. The molecular weight excluding hydrogens is 383 g/mol. The van der Waals surface area contributed by atoms with E-state index in [4.69, 9.17) is 16.3 Å². The quantitative estimate of drug-likeness (QED) is 0.361. The molecule has 0 atom stereocenters. The van der Waals surface area contributed by atoms with Gasteiger partial charge in [-0.3, -0.25) is 0 Å². The van der Waals surface area contributed by atoms with Crippen molar-refractivity contribution in [2.45, 2.75) is 103 Å². The van der Waals surface area contributed by atoms with Gasteiger partial charge in [0.1, 0.15) is 0 Å². The molecular formula is C26H40ClFO. The zero-order chi connectivity index (χ0) is 20.6. The SMILES string of the molecule is CCCOc1ccc(C2CCC(CCCCC3CCC(C)CC3)CC2)c(Cl)c1F. The lowest BCUT2D eigenvalue weighted by Gasteiger charge is -2.30. The summed E-state index contributed by atoms with van der Waals surface area (Å²) in [6.45, 7) is 4.95. The van der Waals surface area contributed by atoms with Crippen molar-refractivity contribution in [3.63, 3.8) is 0 Å².